The van der Waals surface area contributed by atoms with Gasteiger partial charge in [-0.05, 0) is 66.6 Å². The summed E-state index contributed by atoms with van der Waals surface area (Å²) in [5.41, 5.74) is 6.61. The van der Waals surface area contributed by atoms with Crippen molar-refractivity contribution in [1.29, 1.82) is 0 Å². The third-order valence-corrected chi connectivity index (χ3v) is 7.13. The summed E-state index contributed by atoms with van der Waals surface area (Å²) in [4.78, 5) is 20.9. The number of rotatable bonds is 6. The highest BCUT2D eigenvalue weighted by Gasteiger charge is 2.33. The number of aliphatic imine (C=N–C) groups is 1. The van der Waals surface area contributed by atoms with E-state index in [4.69, 9.17) is 4.99 Å². The predicted molar refractivity (Wildman–Crippen MR) is 145 cm³/mol. The summed E-state index contributed by atoms with van der Waals surface area (Å²) in [6, 6.07) is 32.7. The molecule has 0 saturated carbocycles. The lowest BCUT2D eigenvalue weighted by Gasteiger charge is -2.15. The number of para-hydroxylation sites is 1. The van der Waals surface area contributed by atoms with Crippen molar-refractivity contribution in [3.63, 3.8) is 0 Å². The molecule has 0 N–H and O–H groups in total. The number of aromatic nitrogens is 1. The van der Waals surface area contributed by atoms with Crippen LogP contribution in [-0.4, -0.2) is 20.5 Å². The molecule has 0 unspecified atom stereocenters. The van der Waals surface area contributed by atoms with Crippen molar-refractivity contribution < 1.29 is 4.79 Å². The Morgan fingerprint density at radius 3 is 2.09 bits per heavy atom. The first-order valence-electron chi connectivity index (χ1n) is 11.7. The molecule has 0 atom stereocenters. The molecule has 5 rings (SSSR count). The molecule has 1 saturated heterocycles. The van der Waals surface area contributed by atoms with Crippen LogP contribution in [-0.2, 0) is 17.9 Å². The number of carbonyl (C=O) groups is 1. The lowest BCUT2D eigenvalue weighted by Crippen LogP contribution is -2.28. The van der Waals surface area contributed by atoms with Gasteiger partial charge in [0, 0.05) is 17.1 Å². The van der Waals surface area contributed by atoms with Crippen molar-refractivity contribution in [2.75, 3.05) is 0 Å². The van der Waals surface area contributed by atoms with Gasteiger partial charge in [-0.1, -0.05) is 78.9 Å². The van der Waals surface area contributed by atoms with Gasteiger partial charge in [0.2, 0.25) is 0 Å². The van der Waals surface area contributed by atoms with Crippen molar-refractivity contribution in [3.8, 4) is 5.69 Å². The smallest absolute Gasteiger partial charge is 0.267 e. The van der Waals surface area contributed by atoms with E-state index in [0.717, 1.165) is 38.9 Å². The zero-order chi connectivity index (χ0) is 24.2. The van der Waals surface area contributed by atoms with Gasteiger partial charge in [0.05, 0.1) is 18.0 Å². The third kappa shape index (κ3) is 5.00. The Bertz CT molecular complexity index is 1390. The van der Waals surface area contributed by atoms with Crippen LogP contribution in [0.5, 0.6) is 0 Å². The molecule has 0 aliphatic carbocycles. The lowest BCUT2D eigenvalue weighted by atomic mass is 10.2. The van der Waals surface area contributed by atoms with Gasteiger partial charge >= 0.3 is 0 Å². The fourth-order valence-electron chi connectivity index (χ4n) is 4.32. The molecule has 4 nitrogen and oxygen atoms in total. The van der Waals surface area contributed by atoms with E-state index in [9.17, 15) is 4.79 Å². The topological polar surface area (TPSA) is 37.6 Å². The Labute approximate surface area is 210 Å². The van der Waals surface area contributed by atoms with Gasteiger partial charge < -0.3 is 4.57 Å². The monoisotopic (exact) mass is 477 g/mol. The molecule has 2 heterocycles. The summed E-state index contributed by atoms with van der Waals surface area (Å²) >= 11 is 1.46. The molecule has 35 heavy (non-hydrogen) atoms. The summed E-state index contributed by atoms with van der Waals surface area (Å²) in [7, 11) is 0. The van der Waals surface area contributed by atoms with E-state index < -0.39 is 0 Å². The molecule has 1 aliphatic rings. The van der Waals surface area contributed by atoms with Crippen molar-refractivity contribution in [2.45, 2.75) is 26.9 Å². The van der Waals surface area contributed by atoms with E-state index in [1.54, 1.807) is 4.90 Å². The Morgan fingerprint density at radius 2 is 1.43 bits per heavy atom. The maximum Gasteiger partial charge on any atom is 0.267 e. The van der Waals surface area contributed by atoms with Gasteiger partial charge in [0.25, 0.3) is 5.91 Å². The number of nitrogens with zero attached hydrogens (tertiary/aromatic N) is 3. The summed E-state index contributed by atoms with van der Waals surface area (Å²) in [6.45, 7) is 5.24. The Kier molecular flexibility index (Phi) is 6.68. The molecule has 1 aromatic heterocycles. The van der Waals surface area contributed by atoms with Crippen molar-refractivity contribution >= 4 is 28.9 Å². The van der Waals surface area contributed by atoms with E-state index in [2.05, 4.69) is 48.7 Å². The second kappa shape index (κ2) is 10.2. The standard InChI is InChI=1S/C30H27N3OS/c1-22-18-26(23(2)33(22)27-16-10-5-11-17-27)19-28-29(34)32(21-25-14-8-4-9-15-25)30(35-28)31-20-24-12-6-3-7-13-24/h3-19H,20-21H2,1-2H3/b28-19-,31-30?. The summed E-state index contributed by atoms with van der Waals surface area (Å²) < 4.78 is 2.22. The Balaban J connectivity index is 1.48. The molecule has 1 amide bonds. The van der Waals surface area contributed by atoms with Crippen LogP contribution in [0.15, 0.2) is 107 Å². The molecular formula is C30H27N3OS. The second-order valence-corrected chi connectivity index (χ2v) is 9.58. The van der Waals surface area contributed by atoms with Gasteiger partial charge in [-0.2, -0.15) is 0 Å². The Hall–Kier alpha value is -3.83. The largest absolute Gasteiger partial charge is 0.318 e. The fraction of sp³-hybridized carbons (Fsp3) is 0.133. The van der Waals surface area contributed by atoms with Crippen LogP contribution in [0, 0.1) is 13.8 Å². The average Bonchev–Trinajstić information content (AvgIpc) is 3.34. The number of thioether (sulfide) groups is 1. The molecule has 0 bridgehead atoms. The van der Waals surface area contributed by atoms with Crippen LogP contribution in [0.2, 0.25) is 0 Å². The average molecular weight is 478 g/mol. The van der Waals surface area contributed by atoms with Gasteiger partial charge in [-0.3, -0.25) is 14.7 Å². The third-order valence-electron chi connectivity index (χ3n) is 6.08. The molecule has 0 radical (unpaired) electrons. The molecule has 4 aromatic rings. The maximum absolute atomic E-state index is 13.6. The van der Waals surface area contributed by atoms with Crippen molar-refractivity contribution in [3.05, 3.63) is 130 Å². The van der Waals surface area contributed by atoms with Gasteiger partial charge in [-0.15, -0.1) is 0 Å². The zero-order valence-electron chi connectivity index (χ0n) is 19.9. The minimum Gasteiger partial charge on any atom is -0.318 e. The van der Waals surface area contributed by atoms with Crippen LogP contribution in [0.4, 0.5) is 0 Å². The van der Waals surface area contributed by atoms with Crippen LogP contribution in [0.1, 0.15) is 28.1 Å². The summed E-state index contributed by atoms with van der Waals surface area (Å²) in [6.07, 6.45) is 2.01. The number of hydrogen-bond acceptors (Lipinski definition) is 3. The normalized spacial score (nSPS) is 15.9. The van der Waals surface area contributed by atoms with Crippen LogP contribution in [0.3, 0.4) is 0 Å². The highest BCUT2D eigenvalue weighted by Crippen LogP contribution is 2.35. The van der Waals surface area contributed by atoms with E-state index in [1.807, 2.05) is 72.8 Å². The van der Waals surface area contributed by atoms with Gasteiger partial charge in [-0.25, -0.2) is 0 Å². The molecule has 3 aromatic carbocycles. The predicted octanol–water partition coefficient (Wildman–Crippen LogP) is 6.77. The van der Waals surface area contributed by atoms with E-state index in [1.165, 1.54) is 11.8 Å². The van der Waals surface area contributed by atoms with Crippen molar-refractivity contribution in [2.24, 2.45) is 4.99 Å². The number of benzene rings is 3. The first-order valence-corrected chi connectivity index (χ1v) is 12.5. The van der Waals surface area contributed by atoms with Crippen LogP contribution >= 0.6 is 11.8 Å². The van der Waals surface area contributed by atoms with Crippen molar-refractivity contribution in [1.82, 2.24) is 9.47 Å². The zero-order valence-corrected chi connectivity index (χ0v) is 20.7. The first-order chi connectivity index (χ1) is 17.1. The van der Waals surface area contributed by atoms with Crippen LogP contribution < -0.4 is 0 Å². The SMILES string of the molecule is Cc1cc(/C=C2\SC(=NCc3ccccc3)N(Cc3ccccc3)C2=O)c(C)n1-c1ccccc1. The number of aryl methyl sites for hydroxylation is 1. The molecule has 1 aliphatic heterocycles. The second-order valence-electron chi connectivity index (χ2n) is 8.57. The number of amides is 1. The first kappa shape index (κ1) is 22.9. The number of carbonyl (C=O) groups excluding carboxylic acids is 1. The minimum absolute atomic E-state index is 0.00446. The molecule has 1 fully saturated rings. The number of amidine groups is 1. The number of hydrogen-bond donors (Lipinski definition) is 0. The highest BCUT2D eigenvalue weighted by atomic mass is 32.2. The molecular weight excluding hydrogens is 450 g/mol. The molecule has 0 spiro atoms. The maximum atomic E-state index is 13.6. The quantitative estimate of drug-likeness (QED) is 0.288. The van der Waals surface area contributed by atoms with Gasteiger partial charge in [0.1, 0.15) is 0 Å². The molecule has 174 valence electrons. The Morgan fingerprint density at radius 1 is 0.829 bits per heavy atom. The van der Waals surface area contributed by atoms with Crippen LogP contribution in [0.25, 0.3) is 11.8 Å². The minimum atomic E-state index is -0.00446. The highest BCUT2D eigenvalue weighted by molar-refractivity contribution is 8.18. The van der Waals surface area contributed by atoms with E-state index >= 15 is 0 Å². The summed E-state index contributed by atoms with van der Waals surface area (Å²) in [5.74, 6) is -0.00446. The van der Waals surface area contributed by atoms with E-state index in [0.29, 0.717) is 18.0 Å². The summed E-state index contributed by atoms with van der Waals surface area (Å²) in [5, 5.41) is 0.742. The molecule has 5 heteroatoms. The fourth-order valence-corrected chi connectivity index (χ4v) is 5.29. The lowest BCUT2D eigenvalue weighted by molar-refractivity contribution is -0.122. The van der Waals surface area contributed by atoms with Gasteiger partial charge in [0.15, 0.2) is 5.17 Å². The van der Waals surface area contributed by atoms with E-state index in [-0.39, 0.29) is 5.91 Å².